The molecule has 0 amide bonds. The van der Waals surface area contributed by atoms with E-state index in [2.05, 4.69) is 9.97 Å². The van der Waals surface area contributed by atoms with E-state index in [-0.39, 0.29) is 0 Å². The van der Waals surface area contributed by atoms with E-state index in [0.29, 0.717) is 10.2 Å². The second-order valence-electron chi connectivity index (χ2n) is 4.26. The van der Waals surface area contributed by atoms with Crippen molar-refractivity contribution in [2.75, 3.05) is 0 Å². The number of aromatic nitrogens is 2. The normalized spacial score (nSPS) is 10.5. The summed E-state index contributed by atoms with van der Waals surface area (Å²) in [5.74, 6) is 0. The van der Waals surface area contributed by atoms with Gasteiger partial charge in [0.2, 0.25) is 0 Å². The first kappa shape index (κ1) is 13.1. The molecule has 0 aliphatic heterocycles. The van der Waals surface area contributed by atoms with Crippen LogP contribution in [-0.4, -0.2) is 9.97 Å². The molecule has 0 spiro atoms. The van der Waals surface area contributed by atoms with Crippen molar-refractivity contribution < 1.29 is 0 Å². The highest BCUT2D eigenvalue weighted by Crippen LogP contribution is 2.34. The number of rotatable bonds is 2. The molecule has 0 N–H and O–H groups in total. The van der Waals surface area contributed by atoms with Gasteiger partial charge in [0, 0.05) is 16.1 Å². The topological polar surface area (TPSA) is 25.8 Å². The van der Waals surface area contributed by atoms with Crippen molar-refractivity contribution in [1.29, 1.82) is 0 Å². The lowest BCUT2D eigenvalue weighted by atomic mass is 10.0. The molecular weight excluding hydrogens is 291 g/mol. The minimum Gasteiger partial charge on any atom is -0.236 e. The second-order valence-corrected chi connectivity index (χ2v) is 5.06. The minimum atomic E-state index is 0.441. The lowest BCUT2D eigenvalue weighted by Crippen LogP contribution is -1.92. The Hall–Kier alpha value is -1.90. The average Bonchev–Trinajstić information content (AvgIpc) is 2.49. The maximum Gasteiger partial charge on any atom is 0.140 e. The smallest absolute Gasteiger partial charge is 0.140 e. The van der Waals surface area contributed by atoms with Gasteiger partial charge in [0.05, 0.1) is 5.69 Å². The molecule has 3 aromatic rings. The highest BCUT2D eigenvalue weighted by Gasteiger charge is 2.13. The molecule has 0 saturated heterocycles. The predicted octanol–water partition coefficient (Wildman–Crippen LogP) is 5.12. The van der Waals surface area contributed by atoms with Crippen LogP contribution >= 0.6 is 23.2 Å². The van der Waals surface area contributed by atoms with Gasteiger partial charge in [-0.3, -0.25) is 0 Å². The molecule has 0 radical (unpaired) electrons. The van der Waals surface area contributed by atoms with Gasteiger partial charge in [0.25, 0.3) is 0 Å². The van der Waals surface area contributed by atoms with Gasteiger partial charge in [0.15, 0.2) is 0 Å². The summed E-state index contributed by atoms with van der Waals surface area (Å²) in [6.07, 6.45) is 1.47. The van der Waals surface area contributed by atoms with Crippen molar-refractivity contribution in [1.82, 2.24) is 9.97 Å². The second kappa shape index (κ2) is 5.61. The van der Waals surface area contributed by atoms with Gasteiger partial charge in [-0.25, -0.2) is 9.97 Å². The van der Waals surface area contributed by atoms with Crippen molar-refractivity contribution in [3.8, 4) is 22.4 Å². The van der Waals surface area contributed by atoms with Gasteiger partial charge in [0.1, 0.15) is 11.5 Å². The molecule has 0 fully saturated rings. The molecule has 1 heterocycles. The average molecular weight is 301 g/mol. The first-order valence-electron chi connectivity index (χ1n) is 6.07. The molecule has 1 aromatic heterocycles. The van der Waals surface area contributed by atoms with Crippen LogP contribution in [0.5, 0.6) is 0 Å². The molecule has 0 saturated carbocycles. The summed E-state index contributed by atoms with van der Waals surface area (Å²) in [6, 6.07) is 17.4. The van der Waals surface area contributed by atoms with Crippen LogP contribution in [0.2, 0.25) is 10.2 Å². The van der Waals surface area contributed by atoms with E-state index in [1.807, 2.05) is 54.6 Å². The Morgan fingerprint density at radius 2 is 1.40 bits per heavy atom. The Morgan fingerprint density at radius 3 is 2.10 bits per heavy atom. The molecule has 0 aliphatic carbocycles. The summed E-state index contributed by atoms with van der Waals surface area (Å²) in [7, 11) is 0. The lowest BCUT2D eigenvalue weighted by molar-refractivity contribution is 1.17. The van der Waals surface area contributed by atoms with Gasteiger partial charge in [-0.15, -0.1) is 0 Å². The molecule has 0 unspecified atom stereocenters. The summed E-state index contributed by atoms with van der Waals surface area (Å²) in [5.41, 5.74) is 3.57. The fraction of sp³-hybridized carbons (Fsp3) is 0. The van der Waals surface area contributed by atoms with Crippen LogP contribution in [0.25, 0.3) is 22.4 Å². The number of hydrogen-bond donors (Lipinski definition) is 0. The zero-order valence-corrected chi connectivity index (χ0v) is 11.9. The Bertz CT molecular complexity index is 725. The third kappa shape index (κ3) is 2.53. The Morgan fingerprint density at radius 1 is 0.700 bits per heavy atom. The highest BCUT2D eigenvalue weighted by atomic mass is 35.5. The molecule has 20 heavy (non-hydrogen) atoms. The molecule has 0 bridgehead atoms. The quantitative estimate of drug-likeness (QED) is 0.614. The van der Waals surface area contributed by atoms with Crippen LogP contribution < -0.4 is 0 Å². The molecule has 4 heteroatoms. The molecule has 98 valence electrons. The standard InChI is InChI=1S/C16H10Cl2N2/c17-13-8-6-12(7-9-13)15-14(16(18)20-10-19-15)11-4-2-1-3-5-11/h1-10H. The van der Waals surface area contributed by atoms with Crippen LogP contribution in [0.15, 0.2) is 60.9 Å². The zero-order chi connectivity index (χ0) is 13.9. The van der Waals surface area contributed by atoms with E-state index in [4.69, 9.17) is 23.2 Å². The van der Waals surface area contributed by atoms with Gasteiger partial charge >= 0.3 is 0 Å². The van der Waals surface area contributed by atoms with Gasteiger partial charge in [-0.05, 0) is 17.7 Å². The van der Waals surface area contributed by atoms with Crippen molar-refractivity contribution in [2.24, 2.45) is 0 Å². The number of nitrogens with zero attached hydrogens (tertiary/aromatic N) is 2. The van der Waals surface area contributed by atoms with Crippen molar-refractivity contribution in [3.63, 3.8) is 0 Å². The minimum absolute atomic E-state index is 0.441. The first-order valence-corrected chi connectivity index (χ1v) is 6.83. The molecule has 2 nitrogen and oxygen atoms in total. The van der Waals surface area contributed by atoms with Crippen LogP contribution in [0.3, 0.4) is 0 Å². The number of halogens is 2. The summed E-state index contributed by atoms with van der Waals surface area (Å²) >= 11 is 12.2. The largest absolute Gasteiger partial charge is 0.236 e. The van der Waals surface area contributed by atoms with Crippen LogP contribution in [-0.2, 0) is 0 Å². The maximum atomic E-state index is 6.27. The summed E-state index contributed by atoms with van der Waals surface area (Å²) in [4.78, 5) is 8.46. The SMILES string of the molecule is Clc1ccc(-c2ncnc(Cl)c2-c2ccccc2)cc1. The third-order valence-electron chi connectivity index (χ3n) is 2.98. The van der Waals surface area contributed by atoms with Crippen LogP contribution in [0.4, 0.5) is 0 Å². The summed E-state index contributed by atoms with van der Waals surface area (Å²) in [6.45, 7) is 0. The maximum absolute atomic E-state index is 6.27. The van der Waals surface area contributed by atoms with E-state index in [0.717, 1.165) is 22.4 Å². The van der Waals surface area contributed by atoms with Crippen molar-refractivity contribution in [2.45, 2.75) is 0 Å². The molecule has 0 aliphatic rings. The Labute approximate surface area is 127 Å². The van der Waals surface area contributed by atoms with Crippen molar-refractivity contribution in [3.05, 3.63) is 71.1 Å². The van der Waals surface area contributed by atoms with E-state index >= 15 is 0 Å². The fourth-order valence-corrected chi connectivity index (χ4v) is 2.42. The van der Waals surface area contributed by atoms with Gasteiger partial charge in [-0.1, -0.05) is 65.7 Å². The van der Waals surface area contributed by atoms with Gasteiger partial charge < -0.3 is 0 Å². The van der Waals surface area contributed by atoms with Crippen LogP contribution in [0, 0.1) is 0 Å². The van der Waals surface area contributed by atoms with Gasteiger partial charge in [-0.2, -0.15) is 0 Å². The third-order valence-corrected chi connectivity index (χ3v) is 3.52. The molecule has 3 rings (SSSR count). The highest BCUT2D eigenvalue weighted by molar-refractivity contribution is 6.32. The molecule has 2 aromatic carbocycles. The number of benzene rings is 2. The van der Waals surface area contributed by atoms with E-state index < -0.39 is 0 Å². The zero-order valence-electron chi connectivity index (χ0n) is 10.4. The van der Waals surface area contributed by atoms with Crippen LogP contribution in [0.1, 0.15) is 0 Å². The van der Waals surface area contributed by atoms with Crippen molar-refractivity contribution >= 4 is 23.2 Å². The number of hydrogen-bond acceptors (Lipinski definition) is 2. The monoisotopic (exact) mass is 300 g/mol. The molecule has 0 atom stereocenters. The van der Waals surface area contributed by atoms with E-state index in [1.54, 1.807) is 0 Å². The summed E-state index contributed by atoms with van der Waals surface area (Å²) in [5, 5.41) is 1.13. The Kier molecular flexibility index (Phi) is 3.68. The fourth-order valence-electron chi connectivity index (χ4n) is 2.05. The van der Waals surface area contributed by atoms with E-state index in [9.17, 15) is 0 Å². The van der Waals surface area contributed by atoms with E-state index in [1.165, 1.54) is 6.33 Å². The predicted molar refractivity (Wildman–Crippen MR) is 82.9 cm³/mol. The lowest BCUT2D eigenvalue weighted by Gasteiger charge is -2.10. The first-order chi connectivity index (χ1) is 9.75. The Balaban J connectivity index is 2.22. The molecular formula is C16H10Cl2N2. The summed E-state index contributed by atoms with van der Waals surface area (Å²) < 4.78 is 0.